The molecule has 0 saturated carbocycles. The molecule has 54 valence electrons. The Morgan fingerprint density at radius 3 is 3.10 bits per heavy atom. The van der Waals surface area contributed by atoms with Gasteiger partial charge in [-0.1, -0.05) is 0 Å². The maximum absolute atomic E-state index is 9.78. The van der Waals surface area contributed by atoms with Gasteiger partial charge in [-0.2, -0.15) is 5.10 Å². The highest BCUT2D eigenvalue weighted by Gasteiger charge is 1.90. The molecule has 1 aromatic rings. The molecule has 0 spiro atoms. The fraction of sp³-hybridized carbons (Fsp3) is 0.200. The van der Waals surface area contributed by atoms with Crippen LogP contribution in [0.1, 0.15) is 0 Å². The zero-order chi connectivity index (χ0) is 7.40. The summed E-state index contributed by atoms with van der Waals surface area (Å²) in [6.07, 6.45) is 3.92. The number of amides is 1. The van der Waals surface area contributed by atoms with Crippen LogP contribution in [0.3, 0.4) is 0 Å². The van der Waals surface area contributed by atoms with Gasteiger partial charge in [-0.15, -0.1) is 0 Å². The van der Waals surface area contributed by atoms with Gasteiger partial charge in [0, 0.05) is 13.2 Å². The number of aromatic nitrogens is 2. The molecule has 10 heavy (non-hydrogen) atoms. The van der Waals surface area contributed by atoms with E-state index in [2.05, 4.69) is 16.0 Å². The van der Waals surface area contributed by atoms with Gasteiger partial charge in [0.05, 0.1) is 11.9 Å². The van der Waals surface area contributed by atoms with Crippen molar-refractivity contribution >= 4 is 12.1 Å². The lowest BCUT2D eigenvalue weighted by molar-refractivity contribution is -0.109. The molecule has 0 radical (unpaired) electrons. The molecule has 0 saturated heterocycles. The van der Waals surface area contributed by atoms with Crippen LogP contribution in [0.4, 0.5) is 5.69 Å². The number of carbonyl (C=O) groups is 1. The number of rotatable bonds is 3. The van der Waals surface area contributed by atoms with Gasteiger partial charge in [0.2, 0.25) is 6.41 Å². The van der Waals surface area contributed by atoms with Crippen LogP contribution in [0.2, 0.25) is 0 Å². The summed E-state index contributed by atoms with van der Waals surface area (Å²) < 4.78 is 1.63. The minimum absolute atomic E-state index is 0.562. The standard InChI is InChI=1S/C5H8N4O/c1-9-3-5(2-7-9)8-6-4-10/h2-4,8H,1H3,(H,6,10). The third-order valence-corrected chi connectivity index (χ3v) is 0.980. The van der Waals surface area contributed by atoms with E-state index in [-0.39, 0.29) is 0 Å². The molecule has 1 rings (SSSR count). The monoisotopic (exact) mass is 140 g/mol. The van der Waals surface area contributed by atoms with E-state index in [1.165, 1.54) is 0 Å². The van der Waals surface area contributed by atoms with Gasteiger partial charge in [-0.05, 0) is 0 Å². The smallest absolute Gasteiger partial charge is 0.225 e. The molecule has 1 amide bonds. The number of hydrogen-bond acceptors (Lipinski definition) is 3. The van der Waals surface area contributed by atoms with Crippen LogP contribution >= 0.6 is 0 Å². The minimum Gasteiger partial charge on any atom is -0.296 e. The van der Waals surface area contributed by atoms with Crippen LogP contribution in [0, 0.1) is 0 Å². The molecular formula is C5H8N4O. The van der Waals surface area contributed by atoms with Crippen LogP contribution in [0.5, 0.6) is 0 Å². The Bertz CT molecular complexity index is 219. The van der Waals surface area contributed by atoms with Crippen molar-refractivity contribution in [2.45, 2.75) is 0 Å². The van der Waals surface area contributed by atoms with Gasteiger partial charge >= 0.3 is 0 Å². The van der Waals surface area contributed by atoms with Crippen LogP contribution < -0.4 is 10.9 Å². The lowest BCUT2D eigenvalue weighted by Gasteiger charge is -1.96. The molecule has 0 atom stereocenters. The van der Waals surface area contributed by atoms with Crippen LogP contribution in [-0.2, 0) is 11.8 Å². The largest absolute Gasteiger partial charge is 0.296 e. The van der Waals surface area contributed by atoms with Crippen LogP contribution in [0.25, 0.3) is 0 Å². The Hall–Kier alpha value is -1.52. The van der Waals surface area contributed by atoms with E-state index in [1.54, 1.807) is 24.1 Å². The first kappa shape index (κ1) is 6.60. The van der Waals surface area contributed by atoms with Gasteiger partial charge in [0.1, 0.15) is 0 Å². The SMILES string of the molecule is Cn1cc(NNC=O)cn1. The molecule has 1 heterocycles. The van der Waals surface area contributed by atoms with E-state index in [9.17, 15) is 4.79 Å². The summed E-state index contributed by atoms with van der Waals surface area (Å²) >= 11 is 0. The van der Waals surface area contributed by atoms with Crippen molar-refractivity contribution in [3.63, 3.8) is 0 Å². The second-order valence-electron chi connectivity index (χ2n) is 1.79. The van der Waals surface area contributed by atoms with Crippen molar-refractivity contribution in [3.8, 4) is 0 Å². The quantitative estimate of drug-likeness (QED) is 0.439. The van der Waals surface area contributed by atoms with Crippen molar-refractivity contribution in [1.82, 2.24) is 15.2 Å². The summed E-state index contributed by atoms with van der Waals surface area (Å²) in [6, 6.07) is 0. The molecule has 2 N–H and O–H groups in total. The number of carbonyl (C=O) groups excluding carboxylic acids is 1. The van der Waals surface area contributed by atoms with Crippen molar-refractivity contribution in [3.05, 3.63) is 12.4 Å². The first-order valence-corrected chi connectivity index (χ1v) is 2.77. The third kappa shape index (κ3) is 1.48. The summed E-state index contributed by atoms with van der Waals surface area (Å²) in [5, 5.41) is 3.87. The van der Waals surface area contributed by atoms with Gasteiger partial charge < -0.3 is 0 Å². The van der Waals surface area contributed by atoms with Crippen molar-refractivity contribution in [2.24, 2.45) is 7.05 Å². The van der Waals surface area contributed by atoms with Crippen molar-refractivity contribution < 1.29 is 4.79 Å². The van der Waals surface area contributed by atoms with E-state index in [0.29, 0.717) is 6.41 Å². The lowest BCUT2D eigenvalue weighted by atomic mass is 10.6. The number of nitrogens with one attached hydrogen (secondary N) is 2. The Kier molecular flexibility index (Phi) is 1.89. The normalized spacial score (nSPS) is 8.90. The predicted octanol–water partition coefficient (Wildman–Crippen LogP) is -0.507. The molecule has 0 aliphatic carbocycles. The maximum Gasteiger partial charge on any atom is 0.225 e. The second kappa shape index (κ2) is 2.86. The summed E-state index contributed by atoms with van der Waals surface area (Å²) in [5.41, 5.74) is 5.67. The number of nitrogens with zero attached hydrogens (tertiary/aromatic N) is 2. The van der Waals surface area contributed by atoms with Gasteiger partial charge in [-0.25, -0.2) is 0 Å². The van der Waals surface area contributed by atoms with Gasteiger partial charge in [-0.3, -0.25) is 20.3 Å². The Morgan fingerprint density at radius 1 is 1.80 bits per heavy atom. The average molecular weight is 140 g/mol. The first-order valence-electron chi connectivity index (χ1n) is 2.77. The predicted molar refractivity (Wildman–Crippen MR) is 36.0 cm³/mol. The van der Waals surface area contributed by atoms with Crippen LogP contribution in [0.15, 0.2) is 12.4 Å². The summed E-state index contributed by atoms with van der Waals surface area (Å²) in [4.78, 5) is 9.78. The second-order valence-corrected chi connectivity index (χ2v) is 1.79. The number of hydrogen-bond donors (Lipinski definition) is 2. The van der Waals surface area contributed by atoms with E-state index in [1.807, 2.05) is 0 Å². The lowest BCUT2D eigenvalue weighted by Crippen LogP contribution is -2.18. The summed E-state index contributed by atoms with van der Waals surface area (Å²) in [6.45, 7) is 0. The number of hydrazine groups is 1. The average Bonchev–Trinajstić information content (AvgIpc) is 2.31. The molecular weight excluding hydrogens is 132 g/mol. The molecule has 0 fully saturated rings. The Labute approximate surface area is 58.0 Å². The highest BCUT2D eigenvalue weighted by molar-refractivity contribution is 5.51. The van der Waals surface area contributed by atoms with E-state index >= 15 is 0 Å². The molecule has 0 aliphatic rings. The number of aryl methyl sites for hydroxylation is 1. The van der Waals surface area contributed by atoms with E-state index in [4.69, 9.17) is 0 Å². The molecule has 0 aliphatic heterocycles. The zero-order valence-electron chi connectivity index (χ0n) is 5.53. The van der Waals surface area contributed by atoms with Crippen LogP contribution in [-0.4, -0.2) is 16.2 Å². The van der Waals surface area contributed by atoms with Gasteiger partial charge in [0.15, 0.2) is 0 Å². The highest BCUT2D eigenvalue weighted by atomic mass is 16.1. The molecule has 0 aromatic carbocycles. The van der Waals surface area contributed by atoms with Crippen molar-refractivity contribution in [2.75, 3.05) is 5.43 Å². The fourth-order valence-electron chi connectivity index (χ4n) is 0.599. The zero-order valence-corrected chi connectivity index (χ0v) is 5.53. The van der Waals surface area contributed by atoms with E-state index in [0.717, 1.165) is 5.69 Å². The topological polar surface area (TPSA) is 59.0 Å². The molecule has 0 unspecified atom stereocenters. The molecule has 0 bridgehead atoms. The summed E-state index contributed by atoms with van der Waals surface area (Å²) in [7, 11) is 1.80. The Morgan fingerprint density at radius 2 is 2.60 bits per heavy atom. The van der Waals surface area contributed by atoms with E-state index < -0.39 is 0 Å². The highest BCUT2D eigenvalue weighted by Crippen LogP contribution is 1.99. The fourth-order valence-corrected chi connectivity index (χ4v) is 0.599. The van der Waals surface area contributed by atoms with Crippen molar-refractivity contribution in [1.29, 1.82) is 0 Å². The molecule has 5 nitrogen and oxygen atoms in total. The minimum atomic E-state index is 0.562. The third-order valence-electron chi connectivity index (χ3n) is 0.980. The maximum atomic E-state index is 9.78. The Balaban J connectivity index is 2.49. The number of anilines is 1. The van der Waals surface area contributed by atoms with Gasteiger partial charge in [0.25, 0.3) is 0 Å². The first-order chi connectivity index (χ1) is 4.83. The molecule has 5 heteroatoms. The summed E-state index contributed by atoms with van der Waals surface area (Å²) in [5.74, 6) is 0. The molecule has 1 aromatic heterocycles.